The molecule has 0 atom stereocenters. The van der Waals surface area contributed by atoms with Crippen molar-refractivity contribution < 1.29 is 70.2 Å². The van der Waals surface area contributed by atoms with Crippen LogP contribution in [0.2, 0.25) is 0 Å². The van der Waals surface area contributed by atoms with E-state index >= 15 is 0 Å². The van der Waals surface area contributed by atoms with E-state index < -0.39 is 50.1 Å². The average molecular weight is 608 g/mol. The number of carbonyl (C=O) groups is 4. The normalized spacial score (nSPS) is 10.2. The number of aliphatic hydroxyl groups is 6. The van der Waals surface area contributed by atoms with Crippen LogP contribution in [0.1, 0.15) is 0 Å². The van der Waals surface area contributed by atoms with Gasteiger partial charge in [-0.15, -0.1) is 0 Å². The van der Waals surface area contributed by atoms with E-state index in [0.29, 0.717) is 39.3 Å². The lowest BCUT2D eigenvalue weighted by molar-refractivity contribution is -0.145. The van der Waals surface area contributed by atoms with E-state index in [2.05, 4.69) is 5.32 Å². The lowest BCUT2D eigenvalue weighted by Gasteiger charge is -2.23. The van der Waals surface area contributed by atoms with Crippen LogP contribution in [0, 0.1) is 0 Å². The molecule has 0 aliphatic rings. The van der Waals surface area contributed by atoms with E-state index in [1.54, 1.807) is 4.90 Å². The highest BCUT2D eigenvalue weighted by Gasteiger charge is 2.18. The molecular weight excluding hydrogens is 558 g/mol. The maximum Gasteiger partial charge on any atom is 0.317 e. The van der Waals surface area contributed by atoms with Gasteiger partial charge >= 0.3 is 23.9 Å². The fourth-order valence-electron chi connectivity index (χ4n) is 2.52. The maximum absolute atomic E-state index is 10.6. The van der Waals surface area contributed by atoms with Gasteiger partial charge in [-0.05, 0) is 0 Å². The third-order valence-corrected chi connectivity index (χ3v) is 4.12. The minimum absolute atomic E-state index is 0.0694. The maximum atomic E-state index is 10.6. The molecule has 0 aliphatic carbocycles. The predicted molar refractivity (Wildman–Crippen MR) is 144 cm³/mol. The Morgan fingerprint density at radius 3 is 0.902 bits per heavy atom. The van der Waals surface area contributed by atoms with Crippen LogP contribution >= 0.6 is 0 Å². The molecule has 0 saturated heterocycles. The molecule has 0 fully saturated rings. The first-order chi connectivity index (χ1) is 19.4. The topological polar surface area (TPSA) is 318 Å². The Balaban J connectivity index is -0.000000269. The molecule has 0 aromatic carbocycles. The molecule has 0 aromatic heterocycles. The molecule has 0 amide bonds. The molecular formula is C22H49N5O14. The van der Waals surface area contributed by atoms with E-state index in [1.807, 2.05) is 0 Å². The lowest BCUT2D eigenvalue weighted by Crippen LogP contribution is -2.43. The van der Waals surface area contributed by atoms with Crippen LogP contribution in [0.15, 0.2) is 0 Å². The molecule has 13 N–H and O–H groups in total. The SMILES string of the molecule is NCCO.O=C(O)CN(CCN(CC(=O)O)CC(=O)O)CC(=O)O.OCCN(CCO)CCO.OCCNCCO. The number of carboxylic acid groups (broad SMARTS) is 4. The van der Waals surface area contributed by atoms with Crippen LogP contribution in [-0.2, 0) is 19.2 Å². The van der Waals surface area contributed by atoms with Crippen molar-refractivity contribution in [1.29, 1.82) is 0 Å². The number of carboxylic acids is 4. The van der Waals surface area contributed by atoms with Gasteiger partial charge in [-0.3, -0.25) is 33.9 Å². The summed E-state index contributed by atoms with van der Waals surface area (Å²) in [6.45, 7) is 1.39. The molecule has 19 heteroatoms. The van der Waals surface area contributed by atoms with Crippen molar-refractivity contribution in [3.05, 3.63) is 0 Å². The Hall–Kier alpha value is -2.56. The summed E-state index contributed by atoms with van der Waals surface area (Å²) in [6, 6.07) is 0. The first-order valence-corrected chi connectivity index (χ1v) is 12.5. The van der Waals surface area contributed by atoms with Crippen molar-refractivity contribution in [2.24, 2.45) is 5.73 Å². The molecule has 0 aromatic rings. The van der Waals surface area contributed by atoms with Crippen LogP contribution in [0.25, 0.3) is 0 Å². The number of hydrogen-bond donors (Lipinski definition) is 12. The largest absolute Gasteiger partial charge is 0.480 e. The quantitative estimate of drug-likeness (QED) is 0.0509. The molecule has 0 aliphatic heterocycles. The third kappa shape index (κ3) is 44.7. The molecule has 246 valence electrons. The van der Waals surface area contributed by atoms with Crippen molar-refractivity contribution in [3.63, 3.8) is 0 Å². The highest BCUT2D eigenvalue weighted by atomic mass is 16.4. The number of nitrogens with zero attached hydrogens (tertiary/aromatic N) is 3. The highest BCUT2D eigenvalue weighted by molar-refractivity contribution is 5.73. The molecule has 0 heterocycles. The second-order valence-corrected chi connectivity index (χ2v) is 7.72. The van der Waals surface area contributed by atoms with Crippen LogP contribution in [-0.4, -0.2) is 208 Å². The lowest BCUT2D eigenvalue weighted by atomic mass is 10.4. The van der Waals surface area contributed by atoms with E-state index in [-0.39, 0.29) is 52.7 Å². The molecule has 0 unspecified atom stereocenters. The number of aliphatic carboxylic acids is 4. The summed E-state index contributed by atoms with van der Waals surface area (Å²) < 4.78 is 0. The molecule has 41 heavy (non-hydrogen) atoms. The van der Waals surface area contributed by atoms with E-state index in [0.717, 1.165) is 9.80 Å². The van der Waals surface area contributed by atoms with Crippen molar-refractivity contribution >= 4 is 23.9 Å². The summed E-state index contributed by atoms with van der Waals surface area (Å²) in [5.41, 5.74) is 4.78. The van der Waals surface area contributed by atoms with E-state index in [9.17, 15) is 19.2 Å². The fraction of sp³-hybridized carbons (Fsp3) is 0.818. The van der Waals surface area contributed by atoms with Gasteiger partial charge in [0.05, 0.1) is 65.8 Å². The zero-order chi connectivity index (χ0) is 32.5. The van der Waals surface area contributed by atoms with E-state index in [4.69, 9.17) is 56.8 Å². The molecule has 0 rings (SSSR count). The van der Waals surface area contributed by atoms with Gasteiger partial charge in [0.2, 0.25) is 0 Å². The van der Waals surface area contributed by atoms with Gasteiger partial charge in [-0.2, -0.15) is 0 Å². The van der Waals surface area contributed by atoms with Crippen LogP contribution in [0.5, 0.6) is 0 Å². The summed E-state index contributed by atoms with van der Waals surface area (Å²) in [5, 5.41) is 86.8. The smallest absolute Gasteiger partial charge is 0.317 e. The van der Waals surface area contributed by atoms with Gasteiger partial charge in [-0.1, -0.05) is 0 Å². The van der Waals surface area contributed by atoms with E-state index in [1.165, 1.54) is 0 Å². The monoisotopic (exact) mass is 607 g/mol. The van der Waals surface area contributed by atoms with Gasteiger partial charge in [0.1, 0.15) is 0 Å². The van der Waals surface area contributed by atoms with Gasteiger partial charge in [0, 0.05) is 52.4 Å². The van der Waals surface area contributed by atoms with Crippen molar-refractivity contribution in [1.82, 2.24) is 20.0 Å². The van der Waals surface area contributed by atoms with Gasteiger partial charge in [-0.25, -0.2) is 0 Å². The second-order valence-electron chi connectivity index (χ2n) is 7.72. The zero-order valence-corrected chi connectivity index (χ0v) is 23.3. The minimum Gasteiger partial charge on any atom is -0.480 e. The zero-order valence-electron chi connectivity index (χ0n) is 23.3. The van der Waals surface area contributed by atoms with Crippen molar-refractivity contribution in [2.75, 3.05) is 118 Å². The molecule has 0 bridgehead atoms. The summed E-state index contributed by atoms with van der Waals surface area (Å²) in [6.07, 6.45) is 0. The van der Waals surface area contributed by atoms with Crippen LogP contribution < -0.4 is 11.1 Å². The third-order valence-electron chi connectivity index (χ3n) is 4.12. The Morgan fingerprint density at radius 1 is 0.463 bits per heavy atom. The Labute approximate surface area is 238 Å². The molecule has 0 saturated carbocycles. The molecule has 0 spiro atoms. The number of nitrogens with two attached hydrogens (primary N) is 1. The summed E-state index contributed by atoms with van der Waals surface area (Å²) in [7, 11) is 0. The number of aliphatic hydroxyl groups excluding tert-OH is 6. The second kappa shape index (κ2) is 35.5. The van der Waals surface area contributed by atoms with Gasteiger partial charge in [0.25, 0.3) is 0 Å². The van der Waals surface area contributed by atoms with Gasteiger partial charge < -0.3 is 62.1 Å². The van der Waals surface area contributed by atoms with Gasteiger partial charge in [0.15, 0.2) is 0 Å². The summed E-state index contributed by atoms with van der Waals surface area (Å²) in [4.78, 5) is 46.2. The number of nitrogens with one attached hydrogen (secondary N) is 1. The molecule has 0 radical (unpaired) electrons. The molecule has 19 nitrogen and oxygen atoms in total. The Bertz CT molecular complexity index is 545. The fourth-order valence-corrected chi connectivity index (χ4v) is 2.52. The standard InChI is InChI=1S/C10H16N2O8.C6H15NO3.C4H11NO2.C2H7NO/c13-7(14)3-11(4-8(15)16)1-2-12(5-9(17)18)6-10(19)20;8-4-1-7(2-5-9)3-6-10;6-3-1-5-2-4-7;3-1-2-4/h1-6H2,(H,13,14)(H,15,16)(H,17,18)(H,19,20);8-10H,1-6H2;5-7H,1-4H2;4H,1-3H2. The predicted octanol–water partition coefficient (Wildman–Crippen LogP) is -6.31. The first kappa shape index (κ1) is 45.4. The Kier molecular flexibility index (Phi) is 39.3. The average Bonchev–Trinajstić information content (AvgIpc) is 2.87. The summed E-state index contributed by atoms with van der Waals surface area (Å²) in [5.74, 6) is -4.91. The van der Waals surface area contributed by atoms with Crippen molar-refractivity contribution in [2.45, 2.75) is 0 Å². The van der Waals surface area contributed by atoms with Crippen LogP contribution in [0.3, 0.4) is 0 Å². The minimum atomic E-state index is -1.23. The number of hydrogen-bond acceptors (Lipinski definition) is 15. The summed E-state index contributed by atoms with van der Waals surface area (Å²) >= 11 is 0. The first-order valence-electron chi connectivity index (χ1n) is 12.5. The Morgan fingerprint density at radius 2 is 0.732 bits per heavy atom. The van der Waals surface area contributed by atoms with Crippen molar-refractivity contribution in [3.8, 4) is 0 Å². The highest BCUT2D eigenvalue weighted by Crippen LogP contribution is 1.94. The van der Waals surface area contributed by atoms with Crippen LogP contribution in [0.4, 0.5) is 0 Å². The number of rotatable bonds is 22.